The van der Waals surface area contributed by atoms with Crippen molar-refractivity contribution >= 4 is 0 Å². The molecule has 0 radical (unpaired) electrons. The van der Waals surface area contributed by atoms with Crippen molar-refractivity contribution in [3.05, 3.63) is 0 Å². The minimum absolute atomic E-state index is 0.203. The summed E-state index contributed by atoms with van der Waals surface area (Å²) in [4.78, 5) is 0. The second kappa shape index (κ2) is 3.73. The van der Waals surface area contributed by atoms with Crippen LogP contribution in [0.4, 0.5) is 0 Å². The smallest absolute Gasteiger partial charge is 0.0734 e. The van der Waals surface area contributed by atoms with E-state index in [-0.39, 0.29) is 5.92 Å². The summed E-state index contributed by atoms with van der Waals surface area (Å²) in [5.41, 5.74) is 5.03. The molecule has 0 aromatic rings. The quantitative estimate of drug-likeness (QED) is 0.557. The second-order valence-electron chi connectivity index (χ2n) is 3.84. The SMILES string of the molecule is CCC(O)(C(C)CN)C1CNC1. The van der Waals surface area contributed by atoms with Crippen LogP contribution in [-0.2, 0) is 0 Å². The second-order valence-corrected chi connectivity index (χ2v) is 3.84. The molecule has 72 valence electrons. The molecular weight excluding hydrogens is 152 g/mol. The van der Waals surface area contributed by atoms with Crippen LogP contribution >= 0.6 is 0 Å². The fourth-order valence-electron chi connectivity index (χ4n) is 1.89. The maximum atomic E-state index is 10.3. The van der Waals surface area contributed by atoms with Gasteiger partial charge >= 0.3 is 0 Å². The standard InChI is InChI=1S/C9H20N2O/c1-3-9(12,7(2)4-10)8-5-11-6-8/h7-8,11-12H,3-6,10H2,1-2H3. The Hall–Kier alpha value is -0.120. The van der Waals surface area contributed by atoms with E-state index in [2.05, 4.69) is 5.32 Å². The van der Waals surface area contributed by atoms with Crippen molar-refractivity contribution in [2.75, 3.05) is 19.6 Å². The largest absolute Gasteiger partial charge is 0.389 e. The lowest BCUT2D eigenvalue weighted by Crippen LogP contribution is -2.59. The molecule has 1 saturated heterocycles. The maximum absolute atomic E-state index is 10.3. The van der Waals surface area contributed by atoms with Crippen LogP contribution in [0.3, 0.4) is 0 Å². The maximum Gasteiger partial charge on any atom is 0.0734 e. The van der Waals surface area contributed by atoms with Gasteiger partial charge in [-0.25, -0.2) is 0 Å². The normalized spacial score (nSPS) is 26.0. The fourth-order valence-corrected chi connectivity index (χ4v) is 1.89. The number of hydrogen-bond donors (Lipinski definition) is 3. The Kier molecular flexibility index (Phi) is 3.09. The molecule has 1 rings (SSSR count). The Morgan fingerprint density at radius 1 is 1.67 bits per heavy atom. The average Bonchev–Trinajstić information content (AvgIpc) is 1.99. The zero-order chi connectivity index (χ0) is 9.19. The van der Waals surface area contributed by atoms with E-state index in [9.17, 15) is 5.11 Å². The molecule has 2 unspecified atom stereocenters. The third-order valence-electron chi connectivity index (χ3n) is 3.26. The van der Waals surface area contributed by atoms with Crippen LogP contribution < -0.4 is 11.1 Å². The predicted octanol–water partition coefficient (Wildman–Crippen LogP) is -0.0583. The van der Waals surface area contributed by atoms with Crippen molar-refractivity contribution in [1.29, 1.82) is 0 Å². The molecule has 0 aliphatic carbocycles. The van der Waals surface area contributed by atoms with Crippen LogP contribution in [0, 0.1) is 11.8 Å². The highest BCUT2D eigenvalue weighted by molar-refractivity contribution is 4.96. The van der Waals surface area contributed by atoms with Gasteiger partial charge in [-0.15, -0.1) is 0 Å². The lowest BCUT2D eigenvalue weighted by atomic mass is 9.73. The third-order valence-corrected chi connectivity index (χ3v) is 3.26. The van der Waals surface area contributed by atoms with Crippen molar-refractivity contribution < 1.29 is 5.11 Å². The summed E-state index contributed by atoms with van der Waals surface area (Å²) in [6.07, 6.45) is 0.803. The molecule has 1 aliphatic heterocycles. The molecule has 0 aromatic heterocycles. The number of aliphatic hydroxyl groups is 1. The molecule has 2 atom stereocenters. The molecule has 12 heavy (non-hydrogen) atoms. The zero-order valence-electron chi connectivity index (χ0n) is 8.01. The molecule has 0 saturated carbocycles. The van der Waals surface area contributed by atoms with Crippen LogP contribution in [0.25, 0.3) is 0 Å². The highest BCUT2D eigenvalue weighted by atomic mass is 16.3. The first-order valence-electron chi connectivity index (χ1n) is 4.78. The topological polar surface area (TPSA) is 58.3 Å². The number of rotatable bonds is 4. The van der Waals surface area contributed by atoms with E-state index in [0.29, 0.717) is 12.5 Å². The van der Waals surface area contributed by atoms with Gasteiger partial charge in [0.25, 0.3) is 0 Å². The van der Waals surface area contributed by atoms with Gasteiger partial charge in [-0.05, 0) is 18.9 Å². The lowest BCUT2D eigenvalue weighted by molar-refractivity contribution is -0.0811. The summed E-state index contributed by atoms with van der Waals surface area (Å²) in [6.45, 7) is 6.51. The number of nitrogens with one attached hydrogen (secondary N) is 1. The van der Waals surface area contributed by atoms with E-state index in [0.717, 1.165) is 19.5 Å². The van der Waals surface area contributed by atoms with Gasteiger partial charge in [-0.2, -0.15) is 0 Å². The van der Waals surface area contributed by atoms with E-state index in [1.54, 1.807) is 0 Å². The number of hydrogen-bond acceptors (Lipinski definition) is 3. The van der Waals surface area contributed by atoms with Crippen molar-refractivity contribution in [3.8, 4) is 0 Å². The molecule has 0 spiro atoms. The Morgan fingerprint density at radius 2 is 2.25 bits per heavy atom. The molecule has 0 amide bonds. The summed E-state index contributed by atoms with van der Waals surface area (Å²) < 4.78 is 0. The molecular formula is C9H20N2O. The Labute approximate surface area is 74.3 Å². The summed E-state index contributed by atoms with van der Waals surface area (Å²) in [6, 6.07) is 0. The molecule has 3 nitrogen and oxygen atoms in total. The summed E-state index contributed by atoms with van der Waals surface area (Å²) in [5.74, 6) is 0.607. The first kappa shape index (κ1) is 9.96. The van der Waals surface area contributed by atoms with E-state index >= 15 is 0 Å². The van der Waals surface area contributed by atoms with Crippen molar-refractivity contribution in [2.45, 2.75) is 25.9 Å². The number of nitrogens with two attached hydrogens (primary N) is 1. The highest BCUT2D eigenvalue weighted by Crippen LogP contribution is 2.31. The summed E-state index contributed by atoms with van der Waals surface area (Å²) in [7, 11) is 0. The Balaban J connectivity index is 2.59. The van der Waals surface area contributed by atoms with Crippen molar-refractivity contribution in [1.82, 2.24) is 5.32 Å². The van der Waals surface area contributed by atoms with Gasteiger partial charge in [-0.3, -0.25) is 0 Å². The van der Waals surface area contributed by atoms with Gasteiger partial charge in [0.2, 0.25) is 0 Å². The van der Waals surface area contributed by atoms with Crippen LogP contribution in [0.15, 0.2) is 0 Å². The molecule has 3 heteroatoms. The summed E-state index contributed by atoms with van der Waals surface area (Å²) in [5, 5.41) is 13.5. The van der Waals surface area contributed by atoms with E-state index in [1.807, 2.05) is 13.8 Å². The zero-order valence-corrected chi connectivity index (χ0v) is 8.01. The van der Waals surface area contributed by atoms with Crippen LogP contribution in [0.5, 0.6) is 0 Å². The minimum Gasteiger partial charge on any atom is -0.389 e. The first-order chi connectivity index (χ1) is 5.65. The average molecular weight is 172 g/mol. The first-order valence-corrected chi connectivity index (χ1v) is 4.78. The van der Waals surface area contributed by atoms with Gasteiger partial charge in [0, 0.05) is 19.0 Å². The molecule has 4 N–H and O–H groups in total. The van der Waals surface area contributed by atoms with Gasteiger partial charge in [0.1, 0.15) is 0 Å². The van der Waals surface area contributed by atoms with Gasteiger partial charge in [0.15, 0.2) is 0 Å². The molecule has 1 aliphatic rings. The Morgan fingerprint density at radius 3 is 2.50 bits per heavy atom. The van der Waals surface area contributed by atoms with Crippen LogP contribution in [-0.4, -0.2) is 30.3 Å². The van der Waals surface area contributed by atoms with Crippen LogP contribution in [0.1, 0.15) is 20.3 Å². The molecule has 1 fully saturated rings. The van der Waals surface area contributed by atoms with E-state index in [4.69, 9.17) is 5.73 Å². The predicted molar refractivity (Wildman–Crippen MR) is 49.8 cm³/mol. The van der Waals surface area contributed by atoms with Crippen LogP contribution in [0.2, 0.25) is 0 Å². The summed E-state index contributed by atoms with van der Waals surface area (Å²) >= 11 is 0. The minimum atomic E-state index is -0.542. The van der Waals surface area contributed by atoms with Gasteiger partial charge < -0.3 is 16.2 Å². The molecule has 0 bridgehead atoms. The Bertz CT molecular complexity index is 141. The third kappa shape index (κ3) is 1.49. The fraction of sp³-hybridized carbons (Fsp3) is 1.00. The van der Waals surface area contributed by atoms with Gasteiger partial charge in [0.05, 0.1) is 5.60 Å². The van der Waals surface area contributed by atoms with E-state index < -0.39 is 5.60 Å². The molecule has 0 aromatic carbocycles. The monoisotopic (exact) mass is 172 g/mol. The van der Waals surface area contributed by atoms with Crippen molar-refractivity contribution in [2.24, 2.45) is 17.6 Å². The van der Waals surface area contributed by atoms with Gasteiger partial charge in [-0.1, -0.05) is 13.8 Å². The van der Waals surface area contributed by atoms with E-state index in [1.165, 1.54) is 0 Å². The highest BCUT2D eigenvalue weighted by Gasteiger charge is 2.42. The molecule has 1 heterocycles. The lowest BCUT2D eigenvalue weighted by Gasteiger charge is -2.45. The van der Waals surface area contributed by atoms with Crippen molar-refractivity contribution in [3.63, 3.8) is 0 Å².